The van der Waals surface area contributed by atoms with Crippen LogP contribution in [0.2, 0.25) is 0 Å². The molecule has 0 aliphatic heterocycles. The Morgan fingerprint density at radius 2 is 2.08 bits per heavy atom. The van der Waals surface area contributed by atoms with Crippen LogP contribution in [0, 0.1) is 0 Å². The van der Waals surface area contributed by atoms with Gasteiger partial charge in [0.1, 0.15) is 0 Å². The highest BCUT2D eigenvalue weighted by Gasteiger charge is 2.03. The minimum absolute atomic E-state index is 0.133. The number of nitrogens with one attached hydrogen (secondary N) is 1. The van der Waals surface area contributed by atoms with Crippen LogP contribution < -0.4 is 5.32 Å². The maximum absolute atomic E-state index is 8.66. The van der Waals surface area contributed by atoms with Crippen LogP contribution in [-0.2, 0) is 0 Å². The molecule has 1 aromatic carbocycles. The van der Waals surface area contributed by atoms with E-state index in [1.807, 2.05) is 36.4 Å². The SMILES string of the molecule is C=CC(NCCO)c1ccccc1. The molecule has 2 nitrogen and oxygen atoms in total. The van der Waals surface area contributed by atoms with Gasteiger partial charge in [0, 0.05) is 6.54 Å². The molecule has 0 aliphatic rings. The van der Waals surface area contributed by atoms with Gasteiger partial charge in [-0.25, -0.2) is 0 Å². The fraction of sp³-hybridized carbons (Fsp3) is 0.273. The number of benzene rings is 1. The molecule has 0 spiro atoms. The van der Waals surface area contributed by atoms with Crippen molar-refractivity contribution in [3.8, 4) is 0 Å². The van der Waals surface area contributed by atoms with E-state index in [0.717, 1.165) is 0 Å². The van der Waals surface area contributed by atoms with Crippen LogP contribution in [0.15, 0.2) is 43.0 Å². The third-order valence-corrected chi connectivity index (χ3v) is 1.87. The van der Waals surface area contributed by atoms with Gasteiger partial charge in [-0.1, -0.05) is 36.4 Å². The number of rotatable bonds is 5. The van der Waals surface area contributed by atoms with Gasteiger partial charge in [-0.3, -0.25) is 0 Å². The Balaban J connectivity index is 2.61. The molecule has 0 fully saturated rings. The normalized spacial score (nSPS) is 12.4. The maximum Gasteiger partial charge on any atom is 0.0556 e. The highest BCUT2D eigenvalue weighted by Crippen LogP contribution is 2.12. The molecule has 1 atom stereocenters. The van der Waals surface area contributed by atoms with Crippen molar-refractivity contribution in [2.24, 2.45) is 0 Å². The topological polar surface area (TPSA) is 32.3 Å². The second-order valence-electron chi connectivity index (χ2n) is 2.80. The zero-order chi connectivity index (χ0) is 9.52. The minimum Gasteiger partial charge on any atom is -0.395 e. The molecule has 1 aromatic rings. The summed E-state index contributed by atoms with van der Waals surface area (Å²) in [6, 6.07) is 10.2. The first-order chi connectivity index (χ1) is 6.38. The third kappa shape index (κ3) is 3.01. The first-order valence-corrected chi connectivity index (χ1v) is 4.40. The molecule has 1 rings (SSSR count). The summed E-state index contributed by atoms with van der Waals surface area (Å²) in [4.78, 5) is 0. The molecular weight excluding hydrogens is 162 g/mol. The monoisotopic (exact) mass is 177 g/mol. The Kier molecular flexibility index (Phi) is 4.23. The van der Waals surface area contributed by atoms with Crippen molar-refractivity contribution in [1.29, 1.82) is 0 Å². The first-order valence-electron chi connectivity index (χ1n) is 4.40. The van der Waals surface area contributed by atoms with Crippen LogP contribution in [-0.4, -0.2) is 18.3 Å². The molecule has 2 N–H and O–H groups in total. The zero-order valence-electron chi connectivity index (χ0n) is 7.61. The molecule has 0 aromatic heterocycles. The molecule has 0 saturated carbocycles. The smallest absolute Gasteiger partial charge is 0.0556 e. The molecule has 1 unspecified atom stereocenters. The Hall–Kier alpha value is -1.12. The predicted octanol–water partition coefficient (Wildman–Crippen LogP) is 1.50. The van der Waals surface area contributed by atoms with Crippen LogP contribution in [0.25, 0.3) is 0 Å². The highest BCUT2D eigenvalue weighted by atomic mass is 16.3. The van der Waals surface area contributed by atoms with Crippen molar-refractivity contribution < 1.29 is 5.11 Å². The van der Waals surface area contributed by atoms with Crippen molar-refractivity contribution in [2.75, 3.05) is 13.2 Å². The number of aliphatic hydroxyl groups excluding tert-OH is 1. The van der Waals surface area contributed by atoms with Crippen molar-refractivity contribution in [3.63, 3.8) is 0 Å². The molecule has 0 bridgehead atoms. The third-order valence-electron chi connectivity index (χ3n) is 1.87. The Labute approximate surface area is 78.9 Å². The molecule has 0 amide bonds. The summed E-state index contributed by atoms with van der Waals surface area (Å²) >= 11 is 0. The van der Waals surface area contributed by atoms with Crippen LogP contribution in [0.1, 0.15) is 11.6 Å². The van der Waals surface area contributed by atoms with Crippen molar-refractivity contribution in [2.45, 2.75) is 6.04 Å². The summed E-state index contributed by atoms with van der Waals surface area (Å²) in [6.07, 6.45) is 1.84. The van der Waals surface area contributed by atoms with Crippen molar-refractivity contribution in [1.82, 2.24) is 5.32 Å². The lowest BCUT2D eigenvalue weighted by molar-refractivity contribution is 0.289. The Morgan fingerprint density at radius 1 is 1.38 bits per heavy atom. The van der Waals surface area contributed by atoms with E-state index in [2.05, 4.69) is 11.9 Å². The van der Waals surface area contributed by atoms with E-state index in [4.69, 9.17) is 5.11 Å². The summed E-state index contributed by atoms with van der Waals surface area (Å²) in [5.74, 6) is 0. The fourth-order valence-electron chi connectivity index (χ4n) is 1.22. The van der Waals surface area contributed by atoms with Gasteiger partial charge in [0.25, 0.3) is 0 Å². The van der Waals surface area contributed by atoms with Gasteiger partial charge in [0.15, 0.2) is 0 Å². The van der Waals surface area contributed by atoms with Gasteiger partial charge in [-0.05, 0) is 5.56 Å². The molecule has 0 heterocycles. The largest absolute Gasteiger partial charge is 0.395 e. The molecule has 2 heteroatoms. The number of aliphatic hydroxyl groups is 1. The van der Waals surface area contributed by atoms with Crippen LogP contribution in [0.5, 0.6) is 0 Å². The number of hydrogen-bond acceptors (Lipinski definition) is 2. The summed E-state index contributed by atoms with van der Waals surface area (Å²) < 4.78 is 0. The van der Waals surface area contributed by atoms with Gasteiger partial charge < -0.3 is 10.4 Å². The van der Waals surface area contributed by atoms with E-state index in [0.29, 0.717) is 6.54 Å². The highest BCUT2D eigenvalue weighted by molar-refractivity contribution is 5.22. The van der Waals surface area contributed by atoms with Gasteiger partial charge in [0.2, 0.25) is 0 Å². The van der Waals surface area contributed by atoms with Crippen molar-refractivity contribution >= 4 is 0 Å². The lowest BCUT2D eigenvalue weighted by atomic mass is 10.1. The second kappa shape index (κ2) is 5.51. The summed E-state index contributed by atoms with van der Waals surface area (Å²) in [5, 5.41) is 11.8. The molecule has 70 valence electrons. The van der Waals surface area contributed by atoms with Gasteiger partial charge in [-0.2, -0.15) is 0 Å². The average Bonchev–Trinajstić information content (AvgIpc) is 2.21. The lowest BCUT2D eigenvalue weighted by Gasteiger charge is -2.13. The fourth-order valence-corrected chi connectivity index (χ4v) is 1.22. The standard InChI is InChI=1S/C11H15NO/c1-2-11(12-8-9-13)10-6-4-3-5-7-10/h2-7,11-13H,1,8-9H2. The molecule has 0 saturated heterocycles. The minimum atomic E-state index is 0.133. The molecule has 13 heavy (non-hydrogen) atoms. The summed E-state index contributed by atoms with van der Waals surface area (Å²) in [6.45, 7) is 4.49. The van der Waals surface area contributed by atoms with Gasteiger partial charge in [-0.15, -0.1) is 6.58 Å². The van der Waals surface area contributed by atoms with E-state index in [9.17, 15) is 0 Å². The predicted molar refractivity (Wildman–Crippen MR) is 54.5 cm³/mol. The van der Waals surface area contributed by atoms with Crippen LogP contribution in [0.3, 0.4) is 0 Å². The van der Waals surface area contributed by atoms with E-state index in [1.54, 1.807) is 0 Å². The van der Waals surface area contributed by atoms with Crippen molar-refractivity contribution in [3.05, 3.63) is 48.6 Å². The molecule has 0 radical (unpaired) electrons. The quantitative estimate of drug-likeness (QED) is 0.668. The van der Waals surface area contributed by atoms with Gasteiger partial charge in [0.05, 0.1) is 12.6 Å². The van der Waals surface area contributed by atoms with E-state index < -0.39 is 0 Å². The Bertz CT molecular complexity index is 246. The van der Waals surface area contributed by atoms with Gasteiger partial charge >= 0.3 is 0 Å². The summed E-state index contributed by atoms with van der Waals surface area (Å²) in [5.41, 5.74) is 1.17. The van der Waals surface area contributed by atoms with E-state index in [-0.39, 0.29) is 12.6 Å². The van der Waals surface area contributed by atoms with Crippen LogP contribution >= 0.6 is 0 Å². The lowest BCUT2D eigenvalue weighted by Crippen LogP contribution is -2.22. The van der Waals surface area contributed by atoms with E-state index in [1.165, 1.54) is 5.56 Å². The second-order valence-corrected chi connectivity index (χ2v) is 2.80. The molecule has 0 aliphatic carbocycles. The summed E-state index contributed by atoms with van der Waals surface area (Å²) in [7, 11) is 0. The average molecular weight is 177 g/mol. The maximum atomic E-state index is 8.66. The first kappa shape index (κ1) is 9.96. The molecular formula is C11H15NO. The zero-order valence-corrected chi connectivity index (χ0v) is 7.61. The van der Waals surface area contributed by atoms with Crippen LogP contribution in [0.4, 0.5) is 0 Å². The number of hydrogen-bond donors (Lipinski definition) is 2. The Morgan fingerprint density at radius 3 is 2.62 bits per heavy atom. The van der Waals surface area contributed by atoms with E-state index >= 15 is 0 Å².